The van der Waals surface area contributed by atoms with Crippen molar-refractivity contribution in [1.82, 2.24) is 15.1 Å². The van der Waals surface area contributed by atoms with Crippen LogP contribution in [0.3, 0.4) is 0 Å². The number of nitrogens with zero attached hydrogens (tertiary/aromatic N) is 2. The monoisotopic (exact) mass is 325 g/mol. The molecule has 1 N–H and O–H groups in total. The second kappa shape index (κ2) is 7.60. The largest absolute Gasteiger partial charge is 0.353 e. The Balaban J connectivity index is 1.91. The fourth-order valence-corrected chi connectivity index (χ4v) is 3.20. The number of hydrogen-bond acceptors (Lipinski definition) is 4. The summed E-state index contributed by atoms with van der Waals surface area (Å²) in [5, 5.41) is 2.82. The summed E-state index contributed by atoms with van der Waals surface area (Å²) >= 11 is 1.51. The van der Waals surface area contributed by atoms with E-state index in [4.69, 9.17) is 0 Å². The van der Waals surface area contributed by atoms with Crippen LogP contribution in [0.5, 0.6) is 0 Å². The molecule has 22 heavy (non-hydrogen) atoms. The summed E-state index contributed by atoms with van der Waals surface area (Å²) in [5.74, 6) is 0.508. The molecule has 120 valence electrons. The molecule has 0 radical (unpaired) electrons. The minimum absolute atomic E-state index is 0.00515. The molecule has 1 aromatic rings. The molecule has 1 unspecified atom stereocenters. The van der Waals surface area contributed by atoms with Gasteiger partial charge in [-0.1, -0.05) is 12.1 Å². The molecule has 0 saturated carbocycles. The normalized spacial score (nSPS) is 16.2. The molecule has 1 aromatic carbocycles. The molecule has 2 rings (SSSR count). The third-order valence-corrected chi connectivity index (χ3v) is 4.45. The zero-order chi connectivity index (χ0) is 16.1. The van der Waals surface area contributed by atoms with Crippen molar-refractivity contribution in [3.8, 4) is 0 Å². The fourth-order valence-electron chi connectivity index (χ4n) is 2.29. The van der Waals surface area contributed by atoms with Crippen LogP contribution in [-0.2, 0) is 9.59 Å². The van der Waals surface area contributed by atoms with E-state index in [1.807, 2.05) is 25.1 Å². The number of rotatable bonds is 6. The highest BCUT2D eigenvalue weighted by molar-refractivity contribution is 8.00. The highest BCUT2D eigenvalue weighted by Crippen LogP contribution is 2.18. The Hall–Kier alpha value is -1.60. The minimum atomic E-state index is -0.296. The summed E-state index contributed by atoms with van der Waals surface area (Å²) < 4.78 is 13.4. The Morgan fingerprint density at radius 1 is 1.50 bits per heavy atom. The van der Waals surface area contributed by atoms with Crippen LogP contribution >= 0.6 is 11.8 Å². The van der Waals surface area contributed by atoms with Crippen molar-refractivity contribution in [1.29, 1.82) is 0 Å². The zero-order valence-corrected chi connectivity index (χ0v) is 13.5. The van der Waals surface area contributed by atoms with Gasteiger partial charge in [0.1, 0.15) is 12.4 Å². The van der Waals surface area contributed by atoms with Crippen molar-refractivity contribution in [3.05, 3.63) is 35.6 Å². The highest BCUT2D eigenvalue weighted by Gasteiger charge is 2.23. The Morgan fingerprint density at radius 2 is 2.27 bits per heavy atom. The molecule has 1 fully saturated rings. The van der Waals surface area contributed by atoms with Crippen LogP contribution < -0.4 is 5.32 Å². The van der Waals surface area contributed by atoms with E-state index in [-0.39, 0.29) is 30.2 Å². The van der Waals surface area contributed by atoms with Crippen molar-refractivity contribution < 1.29 is 14.0 Å². The maximum atomic E-state index is 13.4. The molecule has 7 heteroatoms. The minimum Gasteiger partial charge on any atom is -0.353 e. The van der Waals surface area contributed by atoms with Crippen LogP contribution in [0.1, 0.15) is 11.6 Å². The number of thioether (sulfide) groups is 1. The summed E-state index contributed by atoms with van der Waals surface area (Å²) in [6, 6.07) is 6.23. The average Bonchev–Trinajstić information content (AvgIpc) is 2.84. The molecule has 0 aromatic heterocycles. The number of hydrogen-bond donors (Lipinski definition) is 1. The van der Waals surface area contributed by atoms with Gasteiger partial charge in [-0.2, -0.15) is 0 Å². The van der Waals surface area contributed by atoms with Crippen molar-refractivity contribution in [2.45, 2.75) is 6.04 Å². The number of amides is 2. The molecule has 0 aliphatic carbocycles. The first-order valence-corrected chi connectivity index (χ1v) is 8.17. The Labute approximate surface area is 133 Å². The number of benzene rings is 1. The number of nitrogens with one attached hydrogen (secondary N) is 1. The van der Waals surface area contributed by atoms with E-state index in [9.17, 15) is 14.0 Å². The van der Waals surface area contributed by atoms with Crippen LogP contribution in [0.4, 0.5) is 4.39 Å². The van der Waals surface area contributed by atoms with Crippen LogP contribution in [0.2, 0.25) is 0 Å². The SMILES string of the molecule is CN(C)C(CNC(=O)CN1CSCC1=O)c1cccc(F)c1. The van der Waals surface area contributed by atoms with Gasteiger partial charge in [-0.25, -0.2) is 4.39 Å². The topological polar surface area (TPSA) is 52.7 Å². The summed E-state index contributed by atoms with van der Waals surface area (Å²) in [5.41, 5.74) is 0.804. The third kappa shape index (κ3) is 4.45. The Bertz CT molecular complexity index is 553. The van der Waals surface area contributed by atoms with Gasteiger partial charge < -0.3 is 15.1 Å². The maximum Gasteiger partial charge on any atom is 0.239 e. The summed E-state index contributed by atoms with van der Waals surface area (Å²) in [6.45, 7) is 0.444. The van der Waals surface area contributed by atoms with Gasteiger partial charge in [0.05, 0.1) is 17.7 Å². The standard InChI is InChI=1S/C15H20FN3O2S/c1-18(2)13(11-4-3-5-12(16)6-11)7-17-14(20)8-19-10-22-9-15(19)21/h3-6,13H,7-10H2,1-2H3,(H,17,20). The van der Waals surface area contributed by atoms with Crippen LogP contribution in [0.25, 0.3) is 0 Å². The van der Waals surface area contributed by atoms with Gasteiger partial charge in [-0.15, -0.1) is 11.8 Å². The lowest BCUT2D eigenvalue weighted by atomic mass is 10.1. The molecule has 2 amide bonds. The van der Waals surface area contributed by atoms with Gasteiger partial charge in [0, 0.05) is 6.54 Å². The number of carbonyl (C=O) groups excluding carboxylic acids is 2. The molecule has 1 heterocycles. The van der Waals surface area contributed by atoms with Gasteiger partial charge in [0.2, 0.25) is 11.8 Å². The first-order chi connectivity index (χ1) is 10.5. The highest BCUT2D eigenvalue weighted by atomic mass is 32.2. The Kier molecular flexibility index (Phi) is 5.79. The second-order valence-electron chi connectivity index (χ2n) is 5.41. The van der Waals surface area contributed by atoms with Gasteiger partial charge in [-0.3, -0.25) is 9.59 Å². The molecule has 1 aliphatic rings. The third-order valence-electron chi connectivity index (χ3n) is 3.51. The van der Waals surface area contributed by atoms with Crippen LogP contribution in [0.15, 0.2) is 24.3 Å². The predicted molar refractivity (Wildman–Crippen MR) is 84.9 cm³/mol. The summed E-state index contributed by atoms with van der Waals surface area (Å²) in [7, 11) is 3.75. The van der Waals surface area contributed by atoms with Crippen molar-refractivity contribution in [3.63, 3.8) is 0 Å². The van der Waals surface area contributed by atoms with Crippen LogP contribution in [0, 0.1) is 5.82 Å². The summed E-state index contributed by atoms with van der Waals surface area (Å²) in [4.78, 5) is 26.9. The molecular formula is C15H20FN3O2S. The van der Waals surface area contributed by atoms with Gasteiger partial charge >= 0.3 is 0 Å². The first-order valence-electron chi connectivity index (χ1n) is 7.01. The van der Waals surface area contributed by atoms with Crippen molar-refractivity contribution in [2.24, 2.45) is 0 Å². The number of carbonyl (C=O) groups is 2. The Morgan fingerprint density at radius 3 is 2.86 bits per heavy atom. The smallest absolute Gasteiger partial charge is 0.239 e. The van der Waals surface area contributed by atoms with E-state index in [0.29, 0.717) is 18.2 Å². The fraction of sp³-hybridized carbons (Fsp3) is 0.467. The molecule has 5 nitrogen and oxygen atoms in total. The zero-order valence-electron chi connectivity index (χ0n) is 12.7. The van der Waals surface area contributed by atoms with Crippen molar-refractivity contribution in [2.75, 3.05) is 38.8 Å². The molecule has 0 bridgehead atoms. The number of likely N-dealkylation sites (N-methyl/N-ethyl adjacent to an activating group) is 1. The lowest BCUT2D eigenvalue weighted by Crippen LogP contribution is -2.41. The van der Waals surface area contributed by atoms with Gasteiger partial charge in [0.15, 0.2) is 0 Å². The van der Waals surface area contributed by atoms with Crippen molar-refractivity contribution >= 4 is 23.6 Å². The van der Waals surface area contributed by atoms with Gasteiger partial charge in [-0.05, 0) is 31.8 Å². The summed E-state index contributed by atoms with van der Waals surface area (Å²) in [6.07, 6.45) is 0. The molecule has 0 spiro atoms. The lowest BCUT2D eigenvalue weighted by Gasteiger charge is -2.25. The van der Waals surface area contributed by atoms with Crippen LogP contribution in [-0.4, -0.2) is 60.4 Å². The van der Waals surface area contributed by atoms with E-state index in [0.717, 1.165) is 5.56 Å². The first kappa shape index (κ1) is 16.8. The molecule has 1 atom stereocenters. The number of halogens is 1. The van der Waals surface area contributed by atoms with E-state index < -0.39 is 0 Å². The predicted octanol–water partition coefficient (Wildman–Crippen LogP) is 1.08. The lowest BCUT2D eigenvalue weighted by molar-refractivity contribution is -0.132. The maximum absolute atomic E-state index is 13.4. The molecular weight excluding hydrogens is 305 g/mol. The molecule has 1 saturated heterocycles. The van der Waals surface area contributed by atoms with E-state index >= 15 is 0 Å². The van der Waals surface area contributed by atoms with E-state index in [1.165, 1.54) is 28.8 Å². The quantitative estimate of drug-likeness (QED) is 0.850. The van der Waals surface area contributed by atoms with Gasteiger partial charge in [0.25, 0.3) is 0 Å². The second-order valence-corrected chi connectivity index (χ2v) is 6.36. The molecule has 1 aliphatic heterocycles. The van der Waals surface area contributed by atoms with E-state index in [1.54, 1.807) is 6.07 Å². The van der Waals surface area contributed by atoms with E-state index in [2.05, 4.69) is 5.32 Å². The average molecular weight is 325 g/mol.